The molecule has 0 spiro atoms. The van der Waals surface area contributed by atoms with Gasteiger partial charge in [-0.3, -0.25) is 14.8 Å². The van der Waals surface area contributed by atoms with E-state index < -0.39 is 15.9 Å². The van der Waals surface area contributed by atoms with Crippen LogP contribution >= 0.6 is 22.9 Å². The van der Waals surface area contributed by atoms with Crippen LogP contribution in [-0.2, 0) is 10.0 Å². The molecule has 0 fully saturated rings. The summed E-state index contributed by atoms with van der Waals surface area (Å²) in [6.07, 6.45) is 0. The third-order valence-electron chi connectivity index (χ3n) is 4.43. The second kappa shape index (κ2) is 9.15. The highest BCUT2D eigenvalue weighted by Gasteiger charge is 2.19. The van der Waals surface area contributed by atoms with Gasteiger partial charge >= 0.3 is 0 Å². The molecule has 4 rings (SSSR count). The summed E-state index contributed by atoms with van der Waals surface area (Å²) in [5, 5.41) is 3.57. The number of nitrogens with one attached hydrogen (secondary N) is 2. The third-order valence-corrected chi connectivity index (χ3v) is 7.00. The molecule has 164 valence electrons. The fraction of sp³-hybridized carbons (Fsp3) is 0.0909. The monoisotopic (exact) mass is 487 g/mol. The maximum Gasteiger partial charge on any atom is 0.261 e. The molecule has 0 saturated carbocycles. The Balaban J connectivity index is 1.57. The minimum atomic E-state index is -3.91. The molecule has 32 heavy (non-hydrogen) atoms. The fourth-order valence-electron chi connectivity index (χ4n) is 2.97. The number of hydrogen-bond acceptors (Lipinski definition) is 6. The van der Waals surface area contributed by atoms with Crippen LogP contribution in [0.25, 0.3) is 10.2 Å². The molecule has 3 aromatic carbocycles. The lowest BCUT2D eigenvalue weighted by molar-refractivity contribution is 0.102. The van der Waals surface area contributed by atoms with E-state index in [1.807, 2.05) is 25.1 Å². The minimum absolute atomic E-state index is 0.0355. The van der Waals surface area contributed by atoms with Gasteiger partial charge in [0, 0.05) is 5.02 Å². The SMILES string of the molecule is CCOc1ccc2nc(NC(=O)c3ccccc3NS(=O)(=O)c3ccc(Cl)cc3)sc2c1. The highest BCUT2D eigenvalue weighted by atomic mass is 35.5. The van der Waals surface area contributed by atoms with Crippen molar-refractivity contribution in [2.45, 2.75) is 11.8 Å². The van der Waals surface area contributed by atoms with Crippen LogP contribution in [0.2, 0.25) is 5.02 Å². The lowest BCUT2D eigenvalue weighted by Crippen LogP contribution is -2.18. The number of carbonyl (C=O) groups is 1. The van der Waals surface area contributed by atoms with Gasteiger partial charge in [0.1, 0.15) is 5.75 Å². The summed E-state index contributed by atoms with van der Waals surface area (Å²) in [6, 6.07) is 17.6. The Kier molecular flexibility index (Phi) is 6.31. The zero-order valence-electron chi connectivity index (χ0n) is 16.8. The summed E-state index contributed by atoms with van der Waals surface area (Å²) in [5.74, 6) is 0.243. The average molecular weight is 488 g/mol. The van der Waals surface area contributed by atoms with Crippen molar-refractivity contribution in [1.82, 2.24) is 4.98 Å². The van der Waals surface area contributed by atoms with Gasteiger partial charge < -0.3 is 4.74 Å². The number of para-hydroxylation sites is 1. The van der Waals surface area contributed by atoms with Crippen molar-refractivity contribution < 1.29 is 17.9 Å². The van der Waals surface area contributed by atoms with Crippen LogP contribution in [0.5, 0.6) is 5.75 Å². The first kappa shape index (κ1) is 22.1. The van der Waals surface area contributed by atoms with Crippen LogP contribution in [0.15, 0.2) is 71.6 Å². The average Bonchev–Trinajstić information content (AvgIpc) is 3.16. The molecule has 10 heteroatoms. The Labute approximate surface area is 194 Å². The van der Waals surface area contributed by atoms with E-state index >= 15 is 0 Å². The number of benzene rings is 3. The zero-order valence-corrected chi connectivity index (χ0v) is 19.2. The largest absolute Gasteiger partial charge is 0.494 e. The second-order valence-electron chi connectivity index (χ2n) is 6.64. The second-order valence-corrected chi connectivity index (χ2v) is 9.79. The Morgan fingerprint density at radius 1 is 1.09 bits per heavy atom. The van der Waals surface area contributed by atoms with Gasteiger partial charge in [0.15, 0.2) is 5.13 Å². The predicted molar refractivity (Wildman–Crippen MR) is 127 cm³/mol. The number of halogens is 1. The van der Waals surface area contributed by atoms with Crippen molar-refractivity contribution in [3.8, 4) is 5.75 Å². The summed E-state index contributed by atoms with van der Waals surface area (Å²) < 4.78 is 34.3. The van der Waals surface area contributed by atoms with Gasteiger partial charge in [0.05, 0.1) is 33.0 Å². The Morgan fingerprint density at radius 3 is 2.59 bits per heavy atom. The number of hydrogen-bond donors (Lipinski definition) is 2. The molecule has 0 bridgehead atoms. The molecular weight excluding hydrogens is 470 g/mol. The van der Waals surface area contributed by atoms with E-state index in [9.17, 15) is 13.2 Å². The Bertz CT molecular complexity index is 1390. The van der Waals surface area contributed by atoms with Gasteiger partial charge in [0.2, 0.25) is 0 Å². The van der Waals surface area contributed by atoms with Crippen molar-refractivity contribution in [3.05, 3.63) is 77.3 Å². The molecule has 4 aromatic rings. The first-order valence-corrected chi connectivity index (χ1v) is 12.3. The molecule has 0 saturated heterocycles. The maximum absolute atomic E-state index is 12.9. The van der Waals surface area contributed by atoms with Crippen LogP contribution < -0.4 is 14.8 Å². The van der Waals surface area contributed by atoms with Crippen molar-refractivity contribution in [2.24, 2.45) is 0 Å². The molecule has 0 atom stereocenters. The Hall–Kier alpha value is -3.14. The van der Waals surface area contributed by atoms with Gasteiger partial charge in [-0.25, -0.2) is 13.4 Å². The van der Waals surface area contributed by atoms with Crippen LogP contribution in [-0.4, -0.2) is 25.9 Å². The lowest BCUT2D eigenvalue weighted by atomic mass is 10.2. The van der Waals surface area contributed by atoms with Crippen LogP contribution in [0.1, 0.15) is 17.3 Å². The number of sulfonamides is 1. The van der Waals surface area contributed by atoms with Crippen molar-refractivity contribution >= 4 is 59.9 Å². The molecule has 0 aliphatic carbocycles. The van der Waals surface area contributed by atoms with E-state index in [4.69, 9.17) is 16.3 Å². The molecule has 1 amide bonds. The molecule has 1 heterocycles. The number of fused-ring (bicyclic) bond motifs is 1. The van der Waals surface area contributed by atoms with E-state index in [1.54, 1.807) is 12.1 Å². The first-order valence-electron chi connectivity index (χ1n) is 9.58. The topological polar surface area (TPSA) is 97.4 Å². The summed E-state index contributed by atoms with van der Waals surface area (Å²) in [4.78, 5) is 17.4. The normalized spacial score (nSPS) is 11.3. The summed E-state index contributed by atoms with van der Waals surface area (Å²) in [7, 11) is -3.91. The van der Waals surface area contributed by atoms with Crippen molar-refractivity contribution in [2.75, 3.05) is 16.6 Å². The number of carbonyl (C=O) groups excluding carboxylic acids is 1. The predicted octanol–water partition coefficient (Wildman–Crippen LogP) is 5.40. The van der Waals surface area contributed by atoms with Gasteiger partial charge in [-0.05, 0) is 61.5 Å². The van der Waals surface area contributed by atoms with Gasteiger partial charge in [-0.1, -0.05) is 35.1 Å². The molecule has 0 aliphatic heterocycles. The van der Waals surface area contributed by atoms with Gasteiger partial charge in [0.25, 0.3) is 15.9 Å². The van der Waals surface area contributed by atoms with E-state index in [2.05, 4.69) is 15.0 Å². The first-order chi connectivity index (χ1) is 15.4. The number of thiazole rings is 1. The van der Waals surface area contributed by atoms with Gasteiger partial charge in [-0.15, -0.1) is 0 Å². The zero-order chi connectivity index (χ0) is 22.7. The van der Waals surface area contributed by atoms with E-state index in [0.717, 1.165) is 16.0 Å². The van der Waals surface area contributed by atoms with E-state index in [0.29, 0.717) is 16.8 Å². The number of ether oxygens (including phenoxy) is 1. The number of rotatable bonds is 7. The van der Waals surface area contributed by atoms with Crippen LogP contribution in [0, 0.1) is 0 Å². The number of aromatic nitrogens is 1. The van der Waals surface area contributed by atoms with Crippen molar-refractivity contribution in [3.63, 3.8) is 0 Å². The number of nitrogens with zero attached hydrogens (tertiary/aromatic N) is 1. The summed E-state index contributed by atoms with van der Waals surface area (Å²) in [6.45, 7) is 2.46. The number of anilines is 2. The molecule has 2 N–H and O–H groups in total. The molecule has 0 radical (unpaired) electrons. The molecule has 0 unspecified atom stereocenters. The third kappa shape index (κ3) is 4.85. The van der Waals surface area contributed by atoms with Crippen LogP contribution in [0.4, 0.5) is 10.8 Å². The number of amides is 1. The van der Waals surface area contributed by atoms with Gasteiger partial charge in [-0.2, -0.15) is 0 Å². The molecule has 0 aliphatic rings. The lowest BCUT2D eigenvalue weighted by Gasteiger charge is -2.12. The van der Waals surface area contributed by atoms with Crippen molar-refractivity contribution in [1.29, 1.82) is 0 Å². The van der Waals surface area contributed by atoms with E-state index in [-0.39, 0.29) is 16.1 Å². The fourth-order valence-corrected chi connectivity index (χ4v) is 5.06. The highest BCUT2D eigenvalue weighted by Crippen LogP contribution is 2.30. The highest BCUT2D eigenvalue weighted by molar-refractivity contribution is 7.92. The van der Waals surface area contributed by atoms with E-state index in [1.165, 1.54) is 47.7 Å². The Morgan fingerprint density at radius 2 is 1.84 bits per heavy atom. The summed E-state index contributed by atoms with van der Waals surface area (Å²) in [5.41, 5.74) is 1.05. The standard InChI is InChI=1S/C22H18ClN3O4S2/c1-2-30-15-9-12-19-20(13-15)31-22(24-19)25-21(27)17-5-3-4-6-18(17)26-32(28,29)16-10-7-14(23)8-11-16/h3-13,26H,2H2,1H3,(H,24,25,27). The molecule has 7 nitrogen and oxygen atoms in total. The molecular formula is C22H18ClN3O4S2. The summed E-state index contributed by atoms with van der Waals surface area (Å²) >= 11 is 7.14. The smallest absolute Gasteiger partial charge is 0.261 e. The van der Waals surface area contributed by atoms with Crippen LogP contribution in [0.3, 0.4) is 0 Å². The molecule has 1 aromatic heterocycles. The maximum atomic E-state index is 12.9. The quantitative estimate of drug-likeness (QED) is 0.363. The minimum Gasteiger partial charge on any atom is -0.494 e.